The van der Waals surface area contributed by atoms with Gasteiger partial charge in [0, 0.05) is 76.4 Å². The van der Waals surface area contributed by atoms with Crippen LogP contribution < -0.4 is 10.6 Å². The van der Waals surface area contributed by atoms with E-state index in [4.69, 9.17) is 51.1 Å². The molecule has 0 aliphatic rings. The molecule has 292 valence electrons. The molecule has 16 heteroatoms. The summed E-state index contributed by atoms with van der Waals surface area (Å²) in [6.07, 6.45) is -0.442. The fourth-order valence-corrected chi connectivity index (χ4v) is 5.44. The molecule has 0 bridgehead atoms. The second-order valence-corrected chi connectivity index (χ2v) is 13.7. The average molecular weight is 831 g/mol. The Morgan fingerprint density at radius 2 is 1.17 bits per heavy atom. The number of carbonyl (C=O) groups is 2. The van der Waals surface area contributed by atoms with Crippen LogP contribution in [0.3, 0.4) is 0 Å². The van der Waals surface area contributed by atoms with E-state index in [1.54, 1.807) is 42.7 Å². The Balaban J connectivity index is 0.000000357. The molecule has 0 saturated carbocycles. The minimum atomic E-state index is -4.43. The molecule has 0 unspecified atom stereocenters. The van der Waals surface area contributed by atoms with Crippen molar-refractivity contribution in [2.45, 2.75) is 66.7 Å². The molecule has 0 spiro atoms. The van der Waals surface area contributed by atoms with E-state index in [2.05, 4.69) is 30.6 Å². The highest BCUT2D eigenvalue weighted by molar-refractivity contribution is 6.36. The Bertz CT molecular complexity index is 1960. The van der Waals surface area contributed by atoms with Crippen LogP contribution in [0.4, 0.5) is 18.0 Å². The largest absolute Gasteiger partial charge is 0.444 e. The average Bonchev–Trinajstić information content (AvgIpc) is 3.75. The number of benzene rings is 3. The predicted octanol–water partition coefficient (Wildman–Crippen LogP) is 11.5. The first-order valence-electron chi connectivity index (χ1n) is 16.4. The van der Waals surface area contributed by atoms with Crippen LogP contribution in [0.25, 0.3) is 22.8 Å². The maximum absolute atomic E-state index is 12.6. The van der Waals surface area contributed by atoms with Crippen LogP contribution in [0.5, 0.6) is 0 Å². The maximum Gasteiger partial charge on any atom is 0.416 e. The molecule has 2 heterocycles. The van der Waals surface area contributed by atoms with E-state index < -0.39 is 29.3 Å². The summed E-state index contributed by atoms with van der Waals surface area (Å²) in [4.78, 5) is 38.5. The Morgan fingerprint density at radius 3 is 1.57 bits per heavy atom. The van der Waals surface area contributed by atoms with Crippen molar-refractivity contribution >= 4 is 58.4 Å². The van der Waals surface area contributed by atoms with Crippen LogP contribution >= 0.6 is 46.4 Å². The van der Waals surface area contributed by atoms with E-state index in [-0.39, 0.29) is 19.5 Å². The summed E-state index contributed by atoms with van der Waals surface area (Å²) in [5.74, 6) is 0.791. The van der Waals surface area contributed by atoms with Gasteiger partial charge in [-0.25, -0.2) is 14.8 Å². The number of carbonyl (C=O) groups excluding carboxylic acids is 2. The molecule has 0 fully saturated rings. The van der Waals surface area contributed by atoms with Crippen LogP contribution in [0.2, 0.25) is 20.1 Å². The molecule has 0 saturated heterocycles. The number of hydrogen-bond acceptors (Lipinski definition) is 5. The lowest BCUT2D eigenvalue weighted by molar-refractivity contribution is -0.137. The van der Waals surface area contributed by atoms with E-state index in [9.17, 15) is 22.8 Å². The Morgan fingerprint density at radius 1 is 0.722 bits per heavy atom. The topological polar surface area (TPSA) is 125 Å². The van der Waals surface area contributed by atoms with Crippen molar-refractivity contribution in [3.05, 3.63) is 116 Å². The Labute approximate surface area is 333 Å². The molecule has 0 aliphatic heterocycles. The highest BCUT2D eigenvalue weighted by Crippen LogP contribution is 2.30. The van der Waals surface area contributed by atoms with Crippen molar-refractivity contribution in [3.8, 4) is 22.8 Å². The highest BCUT2D eigenvalue weighted by Gasteiger charge is 2.30. The van der Waals surface area contributed by atoms with Gasteiger partial charge in [-0.2, -0.15) is 13.2 Å². The third-order valence-electron chi connectivity index (χ3n) is 6.85. The molecule has 5 aromatic rings. The lowest BCUT2D eigenvalue weighted by atomic mass is 10.1. The fourth-order valence-electron chi connectivity index (χ4n) is 4.45. The number of halogens is 7. The van der Waals surface area contributed by atoms with E-state index >= 15 is 0 Å². The number of nitrogens with zero attached hydrogens (tertiary/aromatic N) is 2. The lowest BCUT2D eigenvalue weighted by Gasteiger charge is -2.19. The fraction of sp³-hybridized carbons (Fsp3) is 0.316. The van der Waals surface area contributed by atoms with Gasteiger partial charge in [0.15, 0.2) is 0 Å². The van der Waals surface area contributed by atoms with Crippen LogP contribution in [-0.4, -0.2) is 50.6 Å². The number of nitrogens with one attached hydrogen (secondary N) is 4. The summed E-state index contributed by atoms with van der Waals surface area (Å²) in [6.45, 7) is 10.2. The minimum absolute atomic E-state index is 0. The third kappa shape index (κ3) is 14.5. The summed E-state index contributed by atoms with van der Waals surface area (Å²) in [7, 11) is 0. The molecular weight excluding hydrogens is 787 g/mol. The molecule has 2 aromatic heterocycles. The van der Waals surface area contributed by atoms with E-state index in [1.807, 2.05) is 40.7 Å². The van der Waals surface area contributed by atoms with Crippen molar-refractivity contribution in [1.29, 1.82) is 0 Å². The molecular formula is C38H43Cl4F3N6O3. The first-order chi connectivity index (χ1) is 25.0. The zero-order valence-corrected chi connectivity index (χ0v) is 32.5. The molecule has 54 heavy (non-hydrogen) atoms. The van der Waals surface area contributed by atoms with Gasteiger partial charge in [0.1, 0.15) is 17.2 Å². The number of alkyl carbamates (subject to hydrolysis) is 1. The van der Waals surface area contributed by atoms with Crippen molar-refractivity contribution in [2.75, 3.05) is 13.1 Å². The third-order valence-corrected chi connectivity index (χ3v) is 7.94. The van der Waals surface area contributed by atoms with Crippen molar-refractivity contribution < 1.29 is 27.5 Å². The molecule has 2 amide bonds. The van der Waals surface area contributed by atoms with Gasteiger partial charge in [0.2, 0.25) is 0 Å². The Kier molecular flexibility index (Phi) is 17.9. The Hall–Kier alpha value is -4.23. The number of imidazole rings is 2. The summed E-state index contributed by atoms with van der Waals surface area (Å²) in [5.41, 5.74) is 2.00. The monoisotopic (exact) mass is 828 g/mol. The smallest absolute Gasteiger partial charge is 0.416 e. The second-order valence-electron chi connectivity index (χ2n) is 12.0. The number of hydrogen-bond donors (Lipinski definition) is 4. The molecule has 0 radical (unpaired) electrons. The van der Waals surface area contributed by atoms with Crippen LogP contribution in [-0.2, 0) is 23.8 Å². The standard InChI is InChI=1S/C19H14Cl2F3N3O.C16H19Cl2N3O2.C2H6.CH4/c20-13-5-6-15(16(21)9-13)17-26-10-14(27-17)7-8-25-18(28)11-1-3-12(4-2-11)19(22,23)24;1-16(2,3)23-15(22)19-7-6-11-9-20-14(21-11)12-5-4-10(17)8-13(12)18;1-2;/h1-6,9-10H,7-8H2,(H,25,28)(H,26,27);4-5,8-9H,6-7H2,1-3H3,(H,19,22)(H,20,21);1-2H3;1H4. The van der Waals surface area contributed by atoms with Crippen LogP contribution in [0.15, 0.2) is 73.1 Å². The molecule has 5 rings (SSSR count). The van der Waals surface area contributed by atoms with Crippen LogP contribution in [0, 0.1) is 0 Å². The van der Waals surface area contributed by atoms with Gasteiger partial charge in [-0.1, -0.05) is 67.7 Å². The number of amides is 2. The minimum Gasteiger partial charge on any atom is -0.444 e. The number of rotatable bonds is 9. The van der Waals surface area contributed by atoms with E-state index in [0.29, 0.717) is 56.7 Å². The molecule has 0 aliphatic carbocycles. The number of alkyl halides is 3. The molecule has 9 nitrogen and oxygen atoms in total. The van der Waals surface area contributed by atoms with Gasteiger partial charge in [0.05, 0.1) is 15.6 Å². The van der Waals surface area contributed by atoms with Gasteiger partial charge >= 0.3 is 12.3 Å². The number of aromatic amines is 2. The van der Waals surface area contributed by atoms with E-state index in [0.717, 1.165) is 41.2 Å². The number of H-pyrrole nitrogens is 2. The van der Waals surface area contributed by atoms with Gasteiger partial charge in [-0.3, -0.25) is 4.79 Å². The summed E-state index contributed by atoms with van der Waals surface area (Å²) >= 11 is 24.1. The quantitative estimate of drug-likeness (QED) is 0.118. The maximum atomic E-state index is 12.6. The molecule has 3 aromatic carbocycles. The summed E-state index contributed by atoms with van der Waals surface area (Å²) in [6, 6.07) is 14.4. The lowest BCUT2D eigenvalue weighted by Crippen LogP contribution is -2.33. The van der Waals surface area contributed by atoms with Crippen LogP contribution in [0.1, 0.15) is 69.4 Å². The second kappa shape index (κ2) is 21.0. The normalized spacial score (nSPS) is 10.9. The van der Waals surface area contributed by atoms with Crippen molar-refractivity contribution in [2.24, 2.45) is 0 Å². The zero-order valence-electron chi connectivity index (χ0n) is 29.5. The predicted molar refractivity (Wildman–Crippen MR) is 212 cm³/mol. The first kappa shape index (κ1) is 45.9. The van der Waals surface area contributed by atoms with Gasteiger partial charge in [-0.05, 0) is 81.4 Å². The summed E-state index contributed by atoms with van der Waals surface area (Å²) in [5, 5.41) is 7.46. The SMILES string of the molecule is C.CC.CC(C)(C)OC(=O)NCCc1cnc(-c2ccc(Cl)cc2Cl)[nH]1.O=C(NCCc1cnc(-c2ccc(Cl)cc2Cl)[nH]1)c1ccc(C(F)(F)F)cc1. The van der Waals surface area contributed by atoms with Crippen molar-refractivity contribution in [3.63, 3.8) is 0 Å². The first-order valence-corrected chi connectivity index (χ1v) is 17.9. The van der Waals surface area contributed by atoms with Crippen molar-refractivity contribution in [1.82, 2.24) is 30.6 Å². The van der Waals surface area contributed by atoms with Gasteiger partial charge in [-0.15, -0.1) is 0 Å². The number of aromatic nitrogens is 4. The number of ether oxygens (including phenoxy) is 1. The van der Waals surface area contributed by atoms with Gasteiger partial charge < -0.3 is 25.3 Å². The highest BCUT2D eigenvalue weighted by atomic mass is 35.5. The van der Waals surface area contributed by atoms with E-state index in [1.165, 1.54) is 0 Å². The molecule has 4 N–H and O–H groups in total. The summed E-state index contributed by atoms with van der Waals surface area (Å²) < 4.78 is 42.8. The molecule has 0 atom stereocenters. The zero-order chi connectivity index (χ0) is 39.3. The van der Waals surface area contributed by atoms with Gasteiger partial charge in [0.25, 0.3) is 5.91 Å².